The second kappa shape index (κ2) is 6.44. The number of aromatic carboxylic acids is 1. The lowest BCUT2D eigenvalue weighted by atomic mass is 10.4. The van der Waals surface area contributed by atoms with E-state index in [0.717, 1.165) is 4.88 Å². The Kier molecular flexibility index (Phi) is 4.64. The average Bonchev–Trinajstić information content (AvgIpc) is 2.99. The summed E-state index contributed by atoms with van der Waals surface area (Å²) in [6.45, 7) is 2.28. The maximum atomic E-state index is 11.6. The fourth-order valence-electron chi connectivity index (χ4n) is 1.36. The number of anilines is 1. The van der Waals surface area contributed by atoms with E-state index in [1.807, 2.05) is 6.92 Å². The van der Waals surface area contributed by atoms with Crippen LogP contribution in [0.3, 0.4) is 0 Å². The molecule has 7 nitrogen and oxygen atoms in total. The number of carboxylic acids is 1. The minimum atomic E-state index is -1.04. The Morgan fingerprint density at radius 2 is 2.25 bits per heavy atom. The normalized spacial score (nSPS) is 10.2. The molecule has 0 aliphatic rings. The lowest BCUT2D eigenvalue weighted by Gasteiger charge is -2.03. The molecule has 20 heavy (non-hydrogen) atoms. The molecule has 0 saturated heterocycles. The van der Waals surface area contributed by atoms with Crippen LogP contribution in [-0.4, -0.2) is 33.6 Å². The Balaban J connectivity index is 1.74. The number of urea groups is 1. The number of carbonyl (C=O) groups excluding carboxylic acids is 1. The van der Waals surface area contributed by atoms with Gasteiger partial charge < -0.3 is 10.4 Å². The summed E-state index contributed by atoms with van der Waals surface area (Å²) < 4.78 is 0. The SMILES string of the molecule is Cc1cnc(NC(=O)NCCc2nc(C(=O)O)cs2)s1. The highest BCUT2D eigenvalue weighted by molar-refractivity contribution is 7.15. The third-order valence-corrected chi connectivity index (χ3v) is 3.97. The van der Waals surface area contributed by atoms with Crippen LogP contribution in [0.5, 0.6) is 0 Å². The molecule has 0 saturated carbocycles. The monoisotopic (exact) mass is 312 g/mol. The first-order chi connectivity index (χ1) is 9.54. The van der Waals surface area contributed by atoms with Crippen molar-refractivity contribution in [3.63, 3.8) is 0 Å². The number of thiazole rings is 2. The van der Waals surface area contributed by atoms with Crippen LogP contribution in [0.4, 0.5) is 9.93 Å². The Labute approximate surface area is 122 Å². The first-order valence-electron chi connectivity index (χ1n) is 5.69. The molecule has 2 aromatic rings. The maximum absolute atomic E-state index is 11.6. The van der Waals surface area contributed by atoms with Crippen molar-refractivity contribution in [2.75, 3.05) is 11.9 Å². The summed E-state index contributed by atoms with van der Waals surface area (Å²) in [5, 5.41) is 16.7. The first kappa shape index (κ1) is 14.4. The van der Waals surface area contributed by atoms with Crippen LogP contribution < -0.4 is 10.6 Å². The smallest absolute Gasteiger partial charge is 0.355 e. The fourth-order valence-corrected chi connectivity index (χ4v) is 2.79. The molecule has 0 atom stereocenters. The van der Waals surface area contributed by atoms with Crippen LogP contribution in [0.2, 0.25) is 0 Å². The number of amides is 2. The zero-order valence-electron chi connectivity index (χ0n) is 10.5. The van der Waals surface area contributed by atoms with Gasteiger partial charge >= 0.3 is 12.0 Å². The van der Waals surface area contributed by atoms with Crippen molar-refractivity contribution < 1.29 is 14.7 Å². The van der Waals surface area contributed by atoms with E-state index in [1.165, 1.54) is 28.1 Å². The molecule has 106 valence electrons. The highest BCUT2D eigenvalue weighted by Gasteiger charge is 2.09. The van der Waals surface area contributed by atoms with E-state index in [4.69, 9.17) is 5.11 Å². The van der Waals surface area contributed by atoms with Crippen molar-refractivity contribution in [1.82, 2.24) is 15.3 Å². The first-order valence-corrected chi connectivity index (χ1v) is 7.39. The van der Waals surface area contributed by atoms with Crippen LogP contribution in [0.25, 0.3) is 0 Å². The van der Waals surface area contributed by atoms with Crippen molar-refractivity contribution in [2.24, 2.45) is 0 Å². The molecule has 2 rings (SSSR count). The second-order valence-corrected chi connectivity index (χ2v) is 6.02. The minimum absolute atomic E-state index is 0.0349. The number of hydrogen-bond acceptors (Lipinski definition) is 6. The molecular weight excluding hydrogens is 300 g/mol. The maximum Gasteiger partial charge on any atom is 0.355 e. The summed E-state index contributed by atoms with van der Waals surface area (Å²) in [5.74, 6) is -1.04. The zero-order chi connectivity index (χ0) is 14.5. The van der Waals surface area contributed by atoms with Gasteiger partial charge in [0.1, 0.15) is 0 Å². The molecule has 0 fully saturated rings. The standard InChI is InChI=1S/C11H12N4O3S2/c1-6-4-13-11(20-6)15-10(18)12-3-2-8-14-7(5-19-8)9(16)17/h4-5H,2-3H2,1H3,(H,16,17)(H2,12,13,15,18). The molecule has 0 unspecified atom stereocenters. The molecule has 0 radical (unpaired) electrons. The number of hydrogen-bond donors (Lipinski definition) is 3. The summed E-state index contributed by atoms with van der Waals surface area (Å²) in [7, 11) is 0. The topological polar surface area (TPSA) is 104 Å². The Morgan fingerprint density at radius 3 is 2.85 bits per heavy atom. The summed E-state index contributed by atoms with van der Waals surface area (Å²) in [6, 6.07) is -0.339. The molecular formula is C11H12N4O3S2. The van der Waals surface area contributed by atoms with Gasteiger partial charge in [0, 0.05) is 29.4 Å². The van der Waals surface area contributed by atoms with Gasteiger partial charge in [-0.15, -0.1) is 22.7 Å². The van der Waals surface area contributed by atoms with Crippen molar-refractivity contribution >= 4 is 39.8 Å². The zero-order valence-corrected chi connectivity index (χ0v) is 12.2. The van der Waals surface area contributed by atoms with E-state index in [9.17, 15) is 9.59 Å². The molecule has 0 aromatic carbocycles. The van der Waals surface area contributed by atoms with Crippen molar-refractivity contribution in [3.05, 3.63) is 27.2 Å². The Hall–Kier alpha value is -2.00. The summed E-state index contributed by atoms with van der Waals surface area (Å²) >= 11 is 2.66. The molecule has 9 heteroatoms. The minimum Gasteiger partial charge on any atom is -0.476 e. The number of carboxylic acid groups (broad SMARTS) is 1. The van der Waals surface area contributed by atoms with E-state index in [-0.39, 0.29) is 11.7 Å². The quantitative estimate of drug-likeness (QED) is 0.783. The van der Waals surface area contributed by atoms with Crippen LogP contribution >= 0.6 is 22.7 Å². The highest BCUT2D eigenvalue weighted by atomic mass is 32.1. The lowest BCUT2D eigenvalue weighted by molar-refractivity contribution is 0.0691. The van der Waals surface area contributed by atoms with E-state index >= 15 is 0 Å². The molecule has 0 aliphatic carbocycles. The van der Waals surface area contributed by atoms with E-state index in [1.54, 1.807) is 6.20 Å². The number of nitrogens with one attached hydrogen (secondary N) is 2. The largest absolute Gasteiger partial charge is 0.476 e. The molecule has 0 aliphatic heterocycles. The van der Waals surface area contributed by atoms with Gasteiger partial charge in [0.2, 0.25) is 0 Å². The van der Waals surface area contributed by atoms with Gasteiger partial charge in [0.25, 0.3) is 0 Å². The second-order valence-electron chi connectivity index (χ2n) is 3.84. The predicted octanol–water partition coefficient (Wildman–Crippen LogP) is 1.97. The lowest BCUT2D eigenvalue weighted by Crippen LogP contribution is -2.30. The van der Waals surface area contributed by atoms with Crippen molar-refractivity contribution in [3.8, 4) is 0 Å². The van der Waals surface area contributed by atoms with Gasteiger partial charge in [-0.1, -0.05) is 0 Å². The molecule has 2 amide bonds. The Bertz CT molecular complexity index is 623. The van der Waals surface area contributed by atoms with Gasteiger partial charge in [-0.3, -0.25) is 5.32 Å². The number of rotatable bonds is 5. The summed E-state index contributed by atoms with van der Waals surface area (Å²) in [5.41, 5.74) is 0.0349. The third-order valence-electron chi connectivity index (χ3n) is 2.24. The van der Waals surface area contributed by atoms with Gasteiger partial charge in [-0.25, -0.2) is 19.6 Å². The number of nitrogens with zero attached hydrogens (tertiary/aromatic N) is 2. The molecule has 2 heterocycles. The fraction of sp³-hybridized carbons (Fsp3) is 0.273. The number of aryl methyl sites for hydroxylation is 1. The van der Waals surface area contributed by atoms with Gasteiger partial charge in [0.15, 0.2) is 10.8 Å². The molecule has 0 spiro atoms. The number of aromatic nitrogens is 2. The van der Waals surface area contributed by atoms with Gasteiger partial charge in [-0.2, -0.15) is 0 Å². The Morgan fingerprint density at radius 1 is 1.45 bits per heavy atom. The van der Waals surface area contributed by atoms with Crippen LogP contribution in [0.1, 0.15) is 20.4 Å². The van der Waals surface area contributed by atoms with E-state index in [0.29, 0.717) is 23.1 Å². The van der Waals surface area contributed by atoms with E-state index in [2.05, 4.69) is 20.6 Å². The summed E-state index contributed by atoms with van der Waals surface area (Å²) in [4.78, 5) is 31.2. The van der Waals surface area contributed by atoms with Crippen molar-refractivity contribution in [1.29, 1.82) is 0 Å². The van der Waals surface area contributed by atoms with E-state index < -0.39 is 5.97 Å². The van der Waals surface area contributed by atoms with Gasteiger partial charge in [-0.05, 0) is 6.92 Å². The van der Waals surface area contributed by atoms with Gasteiger partial charge in [0.05, 0.1) is 5.01 Å². The van der Waals surface area contributed by atoms with Crippen LogP contribution in [-0.2, 0) is 6.42 Å². The average molecular weight is 312 g/mol. The molecule has 2 aromatic heterocycles. The predicted molar refractivity (Wildman–Crippen MR) is 76.6 cm³/mol. The molecule has 0 bridgehead atoms. The summed E-state index contributed by atoms with van der Waals surface area (Å²) in [6.07, 6.45) is 2.17. The highest BCUT2D eigenvalue weighted by Crippen LogP contribution is 2.16. The molecule has 3 N–H and O–H groups in total. The van der Waals surface area contributed by atoms with Crippen molar-refractivity contribution in [2.45, 2.75) is 13.3 Å². The third kappa shape index (κ3) is 4.00. The van der Waals surface area contributed by atoms with Crippen LogP contribution in [0, 0.1) is 6.92 Å². The van der Waals surface area contributed by atoms with Crippen LogP contribution in [0.15, 0.2) is 11.6 Å². The number of carbonyl (C=O) groups is 2.